The molecule has 2 aromatic heterocycles. The highest BCUT2D eigenvalue weighted by Crippen LogP contribution is 2.22. The molecule has 1 unspecified atom stereocenters. The van der Waals surface area contributed by atoms with E-state index in [1.165, 1.54) is 0 Å². The number of carbonyl (C=O) groups excluding carboxylic acids is 1. The van der Waals surface area contributed by atoms with Crippen LogP contribution in [0.2, 0.25) is 0 Å². The summed E-state index contributed by atoms with van der Waals surface area (Å²) < 4.78 is 26.9. The van der Waals surface area contributed by atoms with Crippen molar-refractivity contribution in [1.82, 2.24) is 19.0 Å². The fourth-order valence-corrected chi connectivity index (χ4v) is 3.87. The molecule has 1 fully saturated rings. The normalized spacial score (nSPS) is 18.6. The molecule has 1 aliphatic heterocycles. The maximum absolute atomic E-state index is 13.0. The maximum atomic E-state index is 13.0. The number of imidazole rings is 1. The second-order valence-corrected chi connectivity index (χ2v) is 8.48. The highest BCUT2D eigenvalue weighted by molar-refractivity contribution is 7.88. The van der Waals surface area contributed by atoms with E-state index < -0.39 is 10.0 Å². The Hall–Kier alpha value is -1.93. The van der Waals surface area contributed by atoms with Gasteiger partial charge in [-0.2, -0.15) is 0 Å². The Morgan fingerprint density at radius 1 is 1.40 bits per heavy atom. The van der Waals surface area contributed by atoms with Crippen molar-refractivity contribution in [2.24, 2.45) is 0 Å². The van der Waals surface area contributed by atoms with E-state index in [4.69, 9.17) is 0 Å². The van der Waals surface area contributed by atoms with Crippen LogP contribution >= 0.6 is 0 Å². The minimum atomic E-state index is -3.21. The molecule has 1 aliphatic rings. The monoisotopic (exact) mass is 364 g/mol. The first-order chi connectivity index (χ1) is 11.8. The van der Waals surface area contributed by atoms with Crippen LogP contribution in [0.25, 0.3) is 5.65 Å². The van der Waals surface area contributed by atoms with E-state index in [2.05, 4.69) is 9.71 Å². The van der Waals surface area contributed by atoms with Crippen molar-refractivity contribution in [3.05, 3.63) is 35.8 Å². The number of nitrogens with one attached hydrogen (secondary N) is 1. The Balaban J connectivity index is 1.76. The fraction of sp³-hybridized carbons (Fsp3) is 0.529. The average Bonchev–Trinajstić information content (AvgIpc) is 2.99. The van der Waals surface area contributed by atoms with Crippen molar-refractivity contribution in [2.75, 3.05) is 19.3 Å². The second kappa shape index (κ2) is 7.13. The van der Waals surface area contributed by atoms with Gasteiger partial charge in [-0.3, -0.25) is 4.79 Å². The van der Waals surface area contributed by atoms with E-state index in [0.717, 1.165) is 36.7 Å². The van der Waals surface area contributed by atoms with Gasteiger partial charge in [0.05, 0.1) is 6.26 Å². The highest BCUT2D eigenvalue weighted by atomic mass is 32.2. The van der Waals surface area contributed by atoms with Gasteiger partial charge in [-0.25, -0.2) is 18.1 Å². The molecule has 8 heteroatoms. The predicted molar refractivity (Wildman–Crippen MR) is 96.1 cm³/mol. The molecular weight excluding hydrogens is 340 g/mol. The molecule has 25 heavy (non-hydrogen) atoms. The van der Waals surface area contributed by atoms with Crippen molar-refractivity contribution < 1.29 is 13.2 Å². The van der Waals surface area contributed by atoms with Crippen molar-refractivity contribution in [1.29, 1.82) is 0 Å². The van der Waals surface area contributed by atoms with Gasteiger partial charge in [0.25, 0.3) is 5.91 Å². The Kier molecular flexibility index (Phi) is 5.10. The van der Waals surface area contributed by atoms with E-state index in [0.29, 0.717) is 25.2 Å². The average molecular weight is 364 g/mol. The van der Waals surface area contributed by atoms with Crippen molar-refractivity contribution >= 4 is 21.6 Å². The number of likely N-dealkylation sites (tertiary alicyclic amines) is 1. The predicted octanol–water partition coefficient (Wildman–Crippen LogP) is 1.58. The molecule has 1 amide bonds. The van der Waals surface area contributed by atoms with Crippen molar-refractivity contribution in [3.63, 3.8) is 0 Å². The summed E-state index contributed by atoms with van der Waals surface area (Å²) >= 11 is 0. The number of amides is 1. The van der Waals surface area contributed by atoms with Crippen LogP contribution in [-0.4, -0.2) is 54.0 Å². The topological polar surface area (TPSA) is 83.8 Å². The van der Waals surface area contributed by atoms with Gasteiger partial charge in [0.1, 0.15) is 11.3 Å². The molecule has 1 atom stereocenters. The summed E-state index contributed by atoms with van der Waals surface area (Å²) in [6, 6.07) is 3.94. The lowest BCUT2D eigenvalue weighted by molar-refractivity contribution is 0.0598. The van der Waals surface area contributed by atoms with Crippen LogP contribution in [0.4, 0.5) is 0 Å². The quantitative estimate of drug-likeness (QED) is 0.873. The van der Waals surface area contributed by atoms with Crippen LogP contribution in [0.3, 0.4) is 0 Å². The lowest BCUT2D eigenvalue weighted by Crippen LogP contribution is -2.45. The molecule has 0 aromatic carbocycles. The Bertz CT molecular complexity index is 875. The lowest BCUT2D eigenvalue weighted by Gasteiger charge is -2.35. The van der Waals surface area contributed by atoms with Crippen molar-refractivity contribution in [2.45, 2.75) is 38.6 Å². The smallest absolute Gasteiger partial charge is 0.274 e. The Morgan fingerprint density at radius 2 is 2.20 bits per heavy atom. The van der Waals surface area contributed by atoms with Crippen LogP contribution in [0.15, 0.2) is 24.5 Å². The van der Waals surface area contributed by atoms with Crippen molar-refractivity contribution in [3.8, 4) is 0 Å². The summed E-state index contributed by atoms with van der Waals surface area (Å²) in [7, 11) is -3.21. The number of fused-ring (bicyclic) bond motifs is 1. The van der Waals surface area contributed by atoms with Gasteiger partial charge in [-0.05, 0) is 44.2 Å². The Labute approximate surface area is 148 Å². The molecule has 3 rings (SSSR count). The molecule has 2 aromatic rings. The molecule has 1 saturated heterocycles. The third-order valence-electron chi connectivity index (χ3n) is 4.63. The zero-order chi connectivity index (χ0) is 18.0. The molecule has 1 N–H and O–H groups in total. The van der Waals surface area contributed by atoms with Crippen LogP contribution in [0.5, 0.6) is 0 Å². The number of aromatic nitrogens is 2. The van der Waals surface area contributed by atoms with Crippen LogP contribution in [0.1, 0.15) is 41.7 Å². The summed E-state index contributed by atoms with van der Waals surface area (Å²) in [5, 5.41) is 0. The first-order valence-corrected chi connectivity index (χ1v) is 10.4. The fourth-order valence-electron chi connectivity index (χ4n) is 3.38. The van der Waals surface area contributed by atoms with Crippen LogP contribution in [-0.2, 0) is 10.0 Å². The molecule has 0 saturated carbocycles. The molecule has 0 aliphatic carbocycles. The molecule has 7 nitrogen and oxygen atoms in total. The number of carbonyl (C=O) groups is 1. The summed E-state index contributed by atoms with van der Waals surface area (Å²) in [6.07, 6.45) is 8.33. The van der Waals surface area contributed by atoms with Gasteiger partial charge in [-0.15, -0.1) is 0 Å². The van der Waals surface area contributed by atoms with Gasteiger partial charge >= 0.3 is 0 Å². The van der Waals surface area contributed by atoms with E-state index in [1.54, 1.807) is 6.20 Å². The van der Waals surface area contributed by atoms with E-state index in [-0.39, 0.29) is 11.9 Å². The lowest BCUT2D eigenvalue weighted by atomic mass is 9.99. The van der Waals surface area contributed by atoms with Gasteiger partial charge in [0.15, 0.2) is 0 Å². The number of aryl methyl sites for hydroxylation is 1. The minimum absolute atomic E-state index is 0.0430. The van der Waals surface area contributed by atoms with Gasteiger partial charge in [-0.1, -0.05) is 6.07 Å². The number of nitrogens with zero attached hydrogens (tertiary/aromatic N) is 3. The number of hydrogen-bond acceptors (Lipinski definition) is 4. The van der Waals surface area contributed by atoms with E-state index in [9.17, 15) is 13.2 Å². The number of rotatable bonds is 5. The number of pyridine rings is 1. The standard InChI is InChI=1S/C17H24N4O3S/c1-13-6-5-10-20-12-15(19-16(13)20)17(22)21-11-4-3-7-14(21)8-9-18-25(2,23)24/h5-6,10,12,14,18H,3-4,7-9,11H2,1-2H3. The molecular formula is C17H24N4O3S. The van der Waals surface area contributed by atoms with Gasteiger partial charge in [0.2, 0.25) is 10.0 Å². The number of hydrogen-bond donors (Lipinski definition) is 1. The number of sulfonamides is 1. The summed E-state index contributed by atoms with van der Waals surface area (Å²) in [5.74, 6) is -0.0767. The largest absolute Gasteiger partial charge is 0.334 e. The first-order valence-electron chi connectivity index (χ1n) is 8.55. The zero-order valence-electron chi connectivity index (χ0n) is 14.6. The molecule has 0 spiro atoms. The zero-order valence-corrected chi connectivity index (χ0v) is 15.4. The third kappa shape index (κ3) is 4.19. The molecule has 0 radical (unpaired) electrons. The number of piperidine rings is 1. The summed E-state index contributed by atoms with van der Waals surface area (Å²) in [4.78, 5) is 19.3. The van der Waals surface area contributed by atoms with E-state index in [1.807, 2.05) is 34.6 Å². The first kappa shape index (κ1) is 17.9. The van der Waals surface area contributed by atoms with Crippen LogP contribution < -0.4 is 4.72 Å². The van der Waals surface area contributed by atoms with Gasteiger partial charge in [0, 0.05) is 31.5 Å². The van der Waals surface area contributed by atoms with E-state index >= 15 is 0 Å². The second-order valence-electron chi connectivity index (χ2n) is 6.65. The molecule has 3 heterocycles. The maximum Gasteiger partial charge on any atom is 0.274 e. The van der Waals surface area contributed by atoms with Crippen LogP contribution in [0, 0.1) is 6.92 Å². The Morgan fingerprint density at radius 3 is 2.92 bits per heavy atom. The summed E-state index contributed by atoms with van der Waals surface area (Å²) in [5.41, 5.74) is 2.25. The molecule has 0 bridgehead atoms. The SMILES string of the molecule is Cc1cccn2cc(C(=O)N3CCCCC3CCNS(C)(=O)=O)nc12. The highest BCUT2D eigenvalue weighted by Gasteiger charge is 2.28. The minimum Gasteiger partial charge on any atom is -0.334 e. The summed E-state index contributed by atoms with van der Waals surface area (Å²) in [6.45, 7) is 3.00. The van der Waals surface area contributed by atoms with Gasteiger partial charge < -0.3 is 9.30 Å². The molecule has 136 valence electrons. The third-order valence-corrected chi connectivity index (χ3v) is 5.36.